The minimum Gasteiger partial charge on any atom is -0.254 e. The third kappa shape index (κ3) is 3.54. The van der Waals surface area contributed by atoms with E-state index in [4.69, 9.17) is 11.6 Å². The Morgan fingerprint density at radius 2 is 1.83 bits per heavy atom. The van der Waals surface area contributed by atoms with Crippen molar-refractivity contribution in [3.63, 3.8) is 0 Å². The molecule has 100 valence electrons. The average Bonchev–Trinajstić information content (AvgIpc) is 2.57. The SMILES string of the molecule is O=S(=O)(Nc1cc(Cl)ncn1)N1CCCCCC1. The minimum atomic E-state index is -3.54. The van der Waals surface area contributed by atoms with Gasteiger partial charge in [-0.3, -0.25) is 4.72 Å². The molecular weight excluding hydrogens is 276 g/mol. The quantitative estimate of drug-likeness (QED) is 0.859. The molecule has 6 nitrogen and oxygen atoms in total. The Balaban J connectivity index is 2.10. The monoisotopic (exact) mass is 290 g/mol. The summed E-state index contributed by atoms with van der Waals surface area (Å²) in [5.74, 6) is 0.194. The second kappa shape index (κ2) is 5.81. The molecule has 8 heteroatoms. The van der Waals surface area contributed by atoms with Crippen molar-refractivity contribution in [1.29, 1.82) is 0 Å². The molecule has 2 rings (SSSR count). The number of nitrogens with one attached hydrogen (secondary N) is 1. The van der Waals surface area contributed by atoms with Gasteiger partial charge in [-0.25, -0.2) is 9.97 Å². The third-order valence-corrected chi connectivity index (χ3v) is 4.49. The lowest BCUT2D eigenvalue weighted by Crippen LogP contribution is -2.36. The zero-order chi connectivity index (χ0) is 13.0. The summed E-state index contributed by atoms with van der Waals surface area (Å²) in [4.78, 5) is 7.53. The zero-order valence-electron chi connectivity index (χ0n) is 9.84. The topological polar surface area (TPSA) is 75.2 Å². The van der Waals surface area contributed by atoms with E-state index in [0.717, 1.165) is 25.7 Å². The fraction of sp³-hybridized carbons (Fsp3) is 0.600. The molecule has 0 aromatic carbocycles. The largest absolute Gasteiger partial charge is 0.302 e. The van der Waals surface area contributed by atoms with Crippen molar-refractivity contribution in [3.8, 4) is 0 Å². The molecule has 1 saturated heterocycles. The van der Waals surface area contributed by atoms with E-state index in [9.17, 15) is 8.42 Å². The first-order valence-corrected chi connectivity index (χ1v) is 7.65. The Labute approximate surface area is 112 Å². The third-order valence-electron chi connectivity index (χ3n) is 2.77. The standard InChI is InChI=1S/C10H15ClN4O2S/c11-9-7-10(13-8-12-9)14-18(16,17)15-5-3-1-2-4-6-15/h7-8H,1-6H2,(H,12,13,14). The van der Waals surface area contributed by atoms with Gasteiger partial charge in [0.25, 0.3) is 0 Å². The smallest absolute Gasteiger partial charge is 0.254 e. The molecule has 1 aliphatic heterocycles. The summed E-state index contributed by atoms with van der Waals surface area (Å²) in [7, 11) is -3.54. The van der Waals surface area contributed by atoms with Crippen molar-refractivity contribution in [3.05, 3.63) is 17.5 Å². The van der Waals surface area contributed by atoms with Crippen LogP contribution >= 0.6 is 11.6 Å². The number of anilines is 1. The van der Waals surface area contributed by atoms with Gasteiger partial charge >= 0.3 is 10.2 Å². The highest BCUT2D eigenvalue weighted by Gasteiger charge is 2.23. The second-order valence-corrected chi connectivity index (χ2v) is 6.20. The summed E-state index contributed by atoms with van der Waals surface area (Å²) in [5, 5.41) is 0.207. The molecule has 1 N–H and O–H groups in total. The van der Waals surface area contributed by atoms with Crippen molar-refractivity contribution in [2.75, 3.05) is 17.8 Å². The van der Waals surface area contributed by atoms with E-state index < -0.39 is 10.2 Å². The van der Waals surface area contributed by atoms with E-state index in [1.54, 1.807) is 0 Å². The summed E-state index contributed by atoms with van der Waals surface area (Å²) in [6.45, 7) is 1.10. The second-order valence-electron chi connectivity index (χ2n) is 4.15. The number of hydrogen-bond donors (Lipinski definition) is 1. The van der Waals surface area contributed by atoms with Gasteiger partial charge in [0.2, 0.25) is 0 Å². The summed E-state index contributed by atoms with van der Waals surface area (Å²) < 4.78 is 28.1. The van der Waals surface area contributed by atoms with Crippen LogP contribution in [0.15, 0.2) is 12.4 Å². The molecule has 1 fully saturated rings. The maximum Gasteiger partial charge on any atom is 0.302 e. The fourth-order valence-corrected chi connectivity index (χ4v) is 3.26. The highest BCUT2D eigenvalue weighted by atomic mass is 35.5. The summed E-state index contributed by atoms with van der Waals surface area (Å²) in [6.07, 6.45) is 5.16. The highest BCUT2D eigenvalue weighted by molar-refractivity contribution is 7.90. The van der Waals surface area contributed by atoms with Crippen LogP contribution in [0.1, 0.15) is 25.7 Å². The van der Waals surface area contributed by atoms with Gasteiger partial charge in [-0.05, 0) is 12.8 Å². The maximum absolute atomic E-state index is 12.1. The van der Waals surface area contributed by atoms with Gasteiger partial charge in [-0.2, -0.15) is 12.7 Å². The molecule has 0 saturated carbocycles. The van der Waals surface area contributed by atoms with Crippen molar-refractivity contribution >= 4 is 27.6 Å². The average molecular weight is 291 g/mol. The first kappa shape index (κ1) is 13.5. The predicted molar refractivity (Wildman–Crippen MR) is 69.6 cm³/mol. The summed E-state index contributed by atoms with van der Waals surface area (Å²) >= 11 is 5.69. The van der Waals surface area contributed by atoms with Crippen molar-refractivity contribution in [2.24, 2.45) is 0 Å². The number of hydrogen-bond acceptors (Lipinski definition) is 4. The number of nitrogens with zero attached hydrogens (tertiary/aromatic N) is 3. The van der Waals surface area contributed by atoms with Crippen LogP contribution in [-0.2, 0) is 10.2 Å². The zero-order valence-corrected chi connectivity index (χ0v) is 11.4. The fourth-order valence-electron chi connectivity index (χ4n) is 1.87. The number of rotatable bonds is 3. The van der Waals surface area contributed by atoms with E-state index in [-0.39, 0.29) is 11.0 Å². The Kier molecular flexibility index (Phi) is 4.36. The molecule has 0 amide bonds. The molecule has 0 aliphatic carbocycles. The first-order chi connectivity index (χ1) is 8.58. The first-order valence-electron chi connectivity index (χ1n) is 5.83. The molecule has 1 aromatic rings. The van der Waals surface area contributed by atoms with Crippen LogP contribution in [0.4, 0.5) is 5.82 Å². The molecule has 2 heterocycles. The lowest BCUT2D eigenvalue weighted by Gasteiger charge is -2.20. The Hall–Kier alpha value is -0.920. The van der Waals surface area contributed by atoms with Crippen molar-refractivity contribution in [2.45, 2.75) is 25.7 Å². The molecule has 0 radical (unpaired) electrons. The van der Waals surface area contributed by atoms with E-state index in [1.807, 2.05) is 0 Å². The van der Waals surface area contributed by atoms with E-state index in [0.29, 0.717) is 13.1 Å². The highest BCUT2D eigenvalue weighted by Crippen LogP contribution is 2.16. The number of aromatic nitrogens is 2. The van der Waals surface area contributed by atoms with Crippen LogP contribution < -0.4 is 4.72 Å². The van der Waals surface area contributed by atoms with Crippen molar-refractivity contribution in [1.82, 2.24) is 14.3 Å². The lowest BCUT2D eigenvalue weighted by atomic mass is 10.2. The van der Waals surface area contributed by atoms with Crippen LogP contribution in [0.2, 0.25) is 5.15 Å². The number of halogens is 1. The van der Waals surface area contributed by atoms with Gasteiger partial charge in [-0.15, -0.1) is 0 Å². The van der Waals surface area contributed by atoms with Gasteiger partial charge in [0.05, 0.1) is 0 Å². The molecule has 1 aliphatic rings. The lowest BCUT2D eigenvalue weighted by molar-refractivity contribution is 0.427. The van der Waals surface area contributed by atoms with Crippen LogP contribution in [0.5, 0.6) is 0 Å². The van der Waals surface area contributed by atoms with Gasteiger partial charge in [0.1, 0.15) is 17.3 Å². The van der Waals surface area contributed by atoms with Crippen LogP contribution in [0.3, 0.4) is 0 Å². The van der Waals surface area contributed by atoms with Crippen LogP contribution in [0, 0.1) is 0 Å². The molecule has 18 heavy (non-hydrogen) atoms. The van der Waals surface area contributed by atoms with Crippen LogP contribution in [-0.4, -0.2) is 35.8 Å². The van der Waals surface area contributed by atoms with E-state index in [1.165, 1.54) is 16.7 Å². The Morgan fingerprint density at radius 3 is 2.44 bits per heavy atom. The molecule has 0 bridgehead atoms. The summed E-state index contributed by atoms with van der Waals surface area (Å²) in [6, 6.07) is 1.39. The van der Waals surface area contributed by atoms with Gasteiger partial charge in [0.15, 0.2) is 0 Å². The molecule has 1 aromatic heterocycles. The Bertz CT molecular complexity index is 500. The van der Waals surface area contributed by atoms with E-state index in [2.05, 4.69) is 14.7 Å². The molecule has 0 spiro atoms. The predicted octanol–water partition coefficient (Wildman–Crippen LogP) is 1.66. The van der Waals surface area contributed by atoms with Gasteiger partial charge < -0.3 is 0 Å². The van der Waals surface area contributed by atoms with Crippen molar-refractivity contribution < 1.29 is 8.42 Å². The normalized spacial score (nSPS) is 18.3. The maximum atomic E-state index is 12.1. The van der Waals surface area contributed by atoms with Crippen LogP contribution in [0.25, 0.3) is 0 Å². The van der Waals surface area contributed by atoms with E-state index >= 15 is 0 Å². The van der Waals surface area contributed by atoms with Gasteiger partial charge in [-0.1, -0.05) is 24.4 Å². The molecular formula is C10H15ClN4O2S. The van der Waals surface area contributed by atoms with Gasteiger partial charge in [0, 0.05) is 19.2 Å². The molecule has 0 atom stereocenters. The minimum absolute atomic E-state index is 0.194. The molecule has 0 unspecified atom stereocenters. The Morgan fingerprint density at radius 1 is 1.17 bits per heavy atom. The summed E-state index contributed by atoms with van der Waals surface area (Å²) in [5.41, 5.74) is 0.